The molecule has 0 saturated carbocycles. The summed E-state index contributed by atoms with van der Waals surface area (Å²) in [7, 11) is 0. The van der Waals surface area contributed by atoms with Crippen molar-refractivity contribution in [3.63, 3.8) is 0 Å². The van der Waals surface area contributed by atoms with E-state index in [0.717, 1.165) is 30.4 Å². The summed E-state index contributed by atoms with van der Waals surface area (Å²) >= 11 is 0. The Balaban J connectivity index is 1.87. The number of hydrogen-bond donors (Lipinski definition) is 1. The molecule has 0 aliphatic carbocycles. The van der Waals surface area contributed by atoms with Crippen LogP contribution in [0.1, 0.15) is 26.0 Å². The number of nitrogens with one attached hydrogen (secondary N) is 1. The molecular weight excluding hydrogens is 224 g/mol. The van der Waals surface area contributed by atoms with Crippen LogP contribution in [-0.2, 0) is 6.54 Å². The summed E-state index contributed by atoms with van der Waals surface area (Å²) in [6, 6.07) is 9.95. The van der Waals surface area contributed by atoms with Gasteiger partial charge in [0, 0.05) is 6.54 Å². The number of para-hydroxylation sites is 1. The number of rotatable bonds is 6. The summed E-state index contributed by atoms with van der Waals surface area (Å²) in [6.45, 7) is 6.26. The van der Waals surface area contributed by atoms with E-state index in [1.165, 1.54) is 6.42 Å². The van der Waals surface area contributed by atoms with Crippen molar-refractivity contribution in [1.29, 1.82) is 0 Å². The summed E-state index contributed by atoms with van der Waals surface area (Å²) < 4.78 is 0. The average Bonchev–Trinajstić information content (AvgIpc) is 2.84. The van der Waals surface area contributed by atoms with E-state index in [2.05, 4.69) is 29.4 Å². The first-order chi connectivity index (χ1) is 8.75. The van der Waals surface area contributed by atoms with Crippen LogP contribution in [0.15, 0.2) is 36.5 Å². The predicted molar refractivity (Wildman–Crippen MR) is 72.5 cm³/mol. The summed E-state index contributed by atoms with van der Waals surface area (Å²) in [6.07, 6.45) is 3.00. The molecule has 0 aliphatic heterocycles. The maximum absolute atomic E-state index is 4.44. The molecule has 1 aromatic heterocycles. The molecule has 0 unspecified atom stereocenters. The van der Waals surface area contributed by atoms with E-state index < -0.39 is 0 Å². The lowest BCUT2D eigenvalue weighted by molar-refractivity contribution is 0.534. The van der Waals surface area contributed by atoms with Crippen LogP contribution >= 0.6 is 0 Å². The number of aromatic nitrogens is 3. The van der Waals surface area contributed by atoms with Gasteiger partial charge in [0.1, 0.15) is 0 Å². The lowest BCUT2D eigenvalue weighted by atomic mass is 10.1. The van der Waals surface area contributed by atoms with Crippen LogP contribution in [0.25, 0.3) is 5.69 Å². The molecule has 2 rings (SSSR count). The zero-order chi connectivity index (χ0) is 12.8. The van der Waals surface area contributed by atoms with Gasteiger partial charge in [-0.25, -0.2) is 0 Å². The molecule has 0 bridgehead atoms. The Hall–Kier alpha value is -1.68. The fourth-order valence-electron chi connectivity index (χ4n) is 1.67. The Morgan fingerprint density at radius 1 is 1.22 bits per heavy atom. The van der Waals surface area contributed by atoms with Crippen molar-refractivity contribution in [2.75, 3.05) is 6.54 Å². The first kappa shape index (κ1) is 12.8. The zero-order valence-electron chi connectivity index (χ0n) is 11.0. The third kappa shape index (κ3) is 3.67. The highest BCUT2D eigenvalue weighted by Gasteiger charge is 2.02. The van der Waals surface area contributed by atoms with E-state index in [4.69, 9.17) is 0 Å². The smallest absolute Gasteiger partial charge is 0.0969 e. The van der Waals surface area contributed by atoms with Crippen molar-refractivity contribution in [3.05, 3.63) is 42.2 Å². The van der Waals surface area contributed by atoms with Crippen molar-refractivity contribution in [2.24, 2.45) is 5.92 Å². The highest BCUT2D eigenvalue weighted by atomic mass is 15.5. The van der Waals surface area contributed by atoms with Crippen molar-refractivity contribution >= 4 is 0 Å². The molecule has 0 atom stereocenters. The Labute approximate surface area is 108 Å². The standard InChI is InChI=1S/C14H20N4/c1-12(2)8-9-15-10-13-11-16-18(17-13)14-6-4-3-5-7-14/h3-7,11-12,15H,8-10H2,1-2H3. The monoisotopic (exact) mass is 244 g/mol. The third-order valence-electron chi connectivity index (χ3n) is 2.73. The van der Waals surface area contributed by atoms with E-state index >= 15 is 0 Å². The van der Waals surface area contributed by atoms with Crippen LogP contribution in [0.3, 0.4) is 0 Å². The van der Waals surface area contributed by atoms with Crippen molar-refractivity contribution < 1.29 is 0 Å². The fraction of sp³-hybridized carbons (Fsp3) is 0.429. The van der Waals surface area contributed by atoms with Gasteiger partial charge in [0.25, 0.3) is 0 Å². The van der Waals surface area contributed by atoms with E-state index in [1.807, 2.05) is 36.5 Å². The molecule has 2 aromatic rings. The van der Waals surface area contributed by atoms with Crippen LogP contribution in [-0.4, -0.2) is 21.5 Å². The van der Waals surface area contributed by atoms with Crippen LogP contribution in [0.2, 0.25) is 0 Å². The number of hydrogen-bond acceptors (Lipinski definition) is 3. The molecule has 4 heteroatoms. The molecule has 0 spiro atoms. The quantitative estimate of drug-likeness (QED) is 0.793. The topological polar surface area (TPSA) is 42.7 Å². The van der Waals surface area contributed by atoms with Gasteiger partial charge in [-0.3, -0.25) is 0 Å². The number of nitrogens with zero attached hydrogens (tertiary/aromatic N) is 3. The molecule has 1 N–H and O–H groups in total. The second-order valence-electron chi connectivity index (χ2n) is 4.82. The Bertz CT molecular complexity index is 462. The van der Waals surface area contributed by atoms with Gasteiger partial charge in [-0.2, -0.15) is 15.0 Å². The van der Waals surface area contributed by atoms with Gasteiger partial charge < -0.3 is 5.32 Å². The maximum Gasteiger partial charge on any atom is 0.0969 e. The van der Waals surface area contributed by atoms with Gasteiger partial charge in [-0.15, -0.1) is 0 Å². The minimum absolute atomic E-state index is 0.734. The van der Waals surface area contributed by atoms with E-state index in [0.29, 0.717) is 0 Å². The zero-order valence-corrected chi connectivity index (χ0v) is 11.0. The lowest BCUT2D eigenvalue weighted by Gasteiger charge is -2.04. The SMILES string of the molecule is CC(C)CCNCc1cnn(-c2ccccc2)n1. The molecule has 0 amide bonds. The summed E-state index contributed by atoms with van der Waals surface area (Å²) in [5.74, 6) is 0.734. The minimum atomic E-state index is 0.734. The van der Waals surface area contributed by atoms with Crippen LogP contribution in [0.5, 0.6) is 0 Å². The van der Waals surface area contributed by atoms with Crippen LogP contribution in [0.4, 0.5) is 0 Å². The van der Waals surface area contributed by atoms with Gasteiger partial charge >= 0.3 is 0 Å². The molecule has 0 fully saturated rings. The molecule has 1 aromatic carbocycles. The molecule has 1 heterocycles. The van der Waals surface area contributed by atoms with Gasteiger partial charge in [-0.1, -0.05) is 32.0 Å². The second kappa shape index (κ2) is 6.31. The molecule has 4 nitrogen and oxygen atoms in total. The van der Waals surface area contributed by atoms with Crippen molar-refractivity contribution in [2.45, 2.75) is 26.8 Å². The van der Waals surface area contributed by atoms with Crippen LogP contribution < -0.4 is 5.32 Å². The maximum atomic E-state index is 4.44. The minimum Gasteiger partial charge on any atom is -0.311 e. The first-order valence-corrected chi connectivity index (χ1v) is 6.43. The Kier molecular flexibility index (Phi) is 4.47. The number of benzene rings is 1. The molecular formula is C14H20N4. The average molecular weight is 244 g/mol. The van der Waals surface area contributed by atoms with E-state index in [1.54, 1.807) is 4.80 Å². The third-order valence-corrected chi connectivity index (χ3v) is 2.73. The summed E-state index contributed by atoms with van der Waals surface area (Å²) in [5.41, 5.74) is 1.97. The molecule has 0 radical (unpaired) electrons. The Morgan fingerprint density at radius 3 is 2.72 bits per heavy atom. The van der Waals surface area contributed by atoms with Gasteiger partial charge in [-0.05, 0) is 31.0 Å². The summed E-state index contributed by atoms with van der Waals surface area (Å²) in [5, 5.41) is 12.1. The van der Waals surface area contributed by atoms with Crippen molar-refractivity contribution in [3.8, 4) is 5.69 Å². The fourth-order valence-corrected chi connectivity index (χ4v) is 1.67. The van der Waals surface area contributed by atoms with Crippen LogP contribution in [0, 0.1) is 5.92 Å². The predicted octanol–water partition coefficient (Wildman–Crippen LogP) is 2.40. The first-order valence-electron chi connectivity index (χ1n) is 6.43. The van der Waals surface area contributed by atoms with Crippen molar-refractivity contribution in [1.82, 2.24) is 20.3 Å². The second-order valence-corrected chi connectivity index (χ2v) is 4.82. The van der Waals surface area contributed by atoms with Gasteiger partial charge in [0.2, 0.25) is 0 Å². The van der Waals surface area contributed by atoms with Gasteiger partial charge in [0.15, 0.2) is 0 Å². The van der Waals surface area contributed by atoms with Gasteiger partial charge in [0.05, 0.1) is 17.6 Å². The van der Waals surface area contributed by atoms with E-state index in [9.17, 15) is 0 Å². The highest BCUT2D eigenvalue weighted by Crippen LogP contribution is 2.04. The molecule has 0 saturated heterocycles. The lowest BCUT2D eigenvalue weighted by Crippen LogP contribution is -2.16. The highest BCUT2D eigenvalue weighted by molar-refractivity contribution is 5.28. The largest absolute Gasteiger partial charge is 0.311 e. The molecule has 0 aliphatic rings. The molecule has 96 valence electrons. The Morgan fingerprint density at radius 2 is 2.00 bits per heavy atom. The normalized spacial score (nSPS) is 11.1. The summed E-state index contributed by atoms with van der Waals surface area (Å²) in [4.78, 5) is 1.67. The molecule has 18 heavy (non-hydrogen) atoms. The van der Waals surface area contributed by atoms with E-state index in [-0.39, 0.29) is 0 Å².